The van der Waals surface area contributed by atoms with Gasteiger partial charge < -0.3 is 5.73 Å². The maximum absolute atomic E-state index is 3.88. The molecule has 0 atom stereocenters. The summed E-state index contributed by atoms with van der Waals surface area (Å²) in [6.45, 7) is 3.41. The fourth-order valence-corrected chi connectivity index (χ4v) is 2.55. The third-order valence-corrected chi connectivity index (χ3v) is 3.85. The molecule has 0 saturated carbocycles. The first-order valence-electron chi connectivity index (χ1n) is 8.71. The van der Waals surface area contributed by atoms with E-state index in [-0.39, 0.29) is 0 Å². The smallest absolute Gasteiger partial charge is 0.0739 e. The average Bonchev–Trinajstić information content (AvgIpc) is 2.39. The van der Waals surface area contributed by atoms with E-state index >= 15 is 0 Å². The number of unbranched alkanes of at least 4 members (excludes halogenated alkanes) is 14. The van der Waals surface area contributed by atoms with Gasteiger partial charge in [0.15, 0.2) is 0 Å². The van der Waals surface area contributed by atoms with Gasteiger partial charge in [-0.25, -0.2) is 0 Å². The molecular weight excluding hydrogens is 218 g/mol. The molecular formula is C17H38N+. The van der Waals surface area contributed by atoms with Crippen LogP contribution in [0.5, 0.6) is 0 Å². The van der Waals surface area contributed by atoms with E-state index in [1.165, 1.54) is 96.3 Å². The van der Waals surface area contributed by atoms with E-state index in [1.54, 1.807) is 0 Å². The van der Waals surface area contributed by atoms with Crippen LogP contribution < -0.4 is 5.73 Å². The molecule has 0 aromatic heterocycles. The Morgan fingerprint density at radius 2 is 0.722 bits per heavy atom. The zero-order valence-corrected chi connectivity index (χ0v) is 13.0. The van der Waals surface area contributed by atoms with E-state index in [2.05, 4.69) is 12.7 Å². The largest absolute Gasteiger partial charge is 0.358 e. The third-order valence-electron chi connectivity index (χ3n) is 3.85. The molecule has 0 radical (unpaired) electrons. The van der Waals surface area contributed by atoms with Crippen molar-refractivity contribution in [2.24, 2.45) is 0 Å². The molecule has 1 heteroatoms. The van der Waals surface area contributed by atoms with Crippen LogP contribution in [-0.2, 0) is 0 Å². The van der Waals surface area contributed by atoms with Gasteiger partial charge in [0.25, 0.3) is 0 Å². The molecule has 0 saturated heterocycles. The van der Waals surface area contributed by atoms with Crippen molar-refractivity contribution in [1.82, 2.24) is 0 Å². The third kappa shape index (κ3) is 16.0. The maximum Gasteiger partial charge on any atom is 0.0739 e. The molecule has 0 amide bonds. The molecule has 0 aliphatic heterocycles. The van der Waals surface area contributed by atoms with Crippen LogP contribution in [0.1, 0.15) is 103 Å². The fourth-order valence-electron chi connectivity index (χ4n) is 2.55. The van der Waals surface area contributed by atoms with Gasteiger partial charge in [-0.3, -0.25) is 0 Å². The second-order valence-corrected chi connectivity index (χ2v) is 5.80. The van der Waals surface area contributed by atoms with Crippen molar-refractivity contribution >= 4 is 0 Å². The van der Waals surface area contributed by atoms with Gasteiger partial charge in [0, 0.05) is 0 Å². The highest BCUT2D eigenvalue weighted by Gasteiger charge is 1.93. The van der Waals surface area contributed by atoms with Crippen molar-refractivity contribution in [2.45, 2.75) is 103 Å². The first kappa shape index (κ1) is 18.0. The van der Waals surface area contributed by atoms with E-state index < -0.39 is 0 Å². The fraction of sp³-hybridized carbons (Fsp3) is 1.00. The van der Waals surface area contributed by atoms with Crippen LogP contribution in [0, 0.1) is 0 Å². The lowest BCUT2D eigenvalue weighted by atomic mass is 10.0. The van der Waals surface area contributed by atoms with Gasteiger partial charge in [-0.1, -0.05) is 90.4 Å². The molecule has 110 valence electrons. The highest BCUT2D eigenvalue weighted by atomic mass is 14.5. The molecule has 0 aliphatic rings. The second-order valence-electron chi connectivity index (χ2n) is 5.80. The lowest BCUT2D eigenvalue weighted by Crippen LogP contribution is -2.50. The monoisotopic (exact) mass is 256 g/mol. The topological polar surface area (TPSA) is 27.6 Å². The minimum Gasteiger partial charge on any atom is -0.358 e. The molecule has 0 fully saturated rings. The van der Waals surface area contributed by atoms with Gasteiger partial charge in [0.1, 0.15) is 0 Å². The highest BCUT2D eigenvalue weighted by Crippen LogP contribution is 2.13. The summed E-state index contributed by atoms with van der Waals surface area (Å²) in [5, 5.41) is 0. The normalized spacial score (nSPS) is 11.0. The molecule has 1 nitrogen and oxygen atoms in total. The number of hydrogen-bond donors (Lipinski definition) is 1. The Hall–Kier alpha value is -0.0400. The molecule has 0 rings (SSSR count). The quantitative estimate of drug-likeness (QED) is 0.395. The standard InChI is InChI=1S/C17H37N/c1-2-3-4-5-6-7-8-9-10-11-12-13-14-15-16-17-18/h2-18H2,1H3/p+1. The Balaban J connectivity index is 2.86. The van der Waals surface area contributed by atoms with Crippen molar-refractivity contribution in [3.63, 3.8) is 0 Å². The average molecular weight is 256 g/mol. The van der Waals surface area contributed by atoms with Crippen molar-refractivity contribution in [2.75, 3.05) is 6.54 Å². The summed E-state index contributed by atoms with van der Waals surface area (Å²) >= 11 is 0. The van der Waals surface area contributed by atoms with Gasteiger partial charge in [0.2, 0.25) is 0 Å². The number of rotatable bonds is 15. The van der Waals surface area contributed by atoms with Crippen LogP contribution in [0.25, 0.3) is 0 Å². The molecule has 0 heterocycles. The summed E-state index contributed by atoms with van der Waals surface area (Å²) in [5.41, 5.74) is 3.88. The van der Waals surface area contributed by atoms with Crippen LogP contribution >= 0.6 is 0 Å². The summed E-state index contributed by atoms with van der Waals surface area (Å²) in [5.74, 6) is 0. The molecule has 0 aromatic carbocycles. The minimum absolute atomic E-state index is 1.12. The van der Waals surface area contributed by atoms with Crippen molar-refractivity contribution < 1.29 is 5.73 Å². The molecule has 0 spiro atoms. The highest BCUT2D eigenvalue weighted by molar-refractivity contribution is 4.49. The Morgan fingerprint density at radius 3 is 1.00 bits per heavy atom. The van der Waals surface area contributed by atoms with Gasteiger partial charge >= 0.3 is 0 Å². The van der Waals surface area contributed by atoms with E-state index in [0.717, 1.165) is 6.54 Å². The van der Waals surface area contributed by atoms with Crippen LogP contribution in [-0.4, -0.2) is 6.54 Å². The summed E-state index contributed by atoms with van der Waals surface area (Å²) in [7, 11) is 0. The molecule has 0 unspecified atom stereocenters. The Kier molecular flexibility index (Phi) is 16.9. The van der Waals surface area contributed by atoms with Crippen LogP contribution in [0.4, 0.5) is 0 Å². The van der Waals surface area contributed by atoms with Gasteiger partial charge in [-0.15, -0.1) is 0 Å². The van der Waals surface area contributed by atoms with Crippen LogP contribution in [0.15, 0.2) is 0 Å². The van der Waals surface area contributed by atoms with E-state index in [4.69, 9.17) is 0 Å². The molecule has 0 aromatic rings. The van der Waals surface area contributed by atoms with Gasteiger partial charge in [-0.05, 0) is 12.8 Å². The first-order chi connectivity index (χ1) is 8.91. The molecule has 0 aliphatic carbocycles. The van der Waals surface area contributed by atoms with Crippen LogP contribution in [0.2, 0.25) is 0 Å². The zero-order chi connectivity index (χ0) is 13.3. The van der Waals surface area contributed by atoms with Crippen molar-refractivity contribution in [1.29, 1.82) is 0 Å². The summed E-state index contributed by atoms with van der Waals surface area (Å²) in [6, 6.07) is 0. The van der Waals surface area contributed by atoms with E-state index in [9.17, 15) is 0 Å². The molecule has 18 heavy (non-hydrogen) atoms. The Morgan fingerprint density at radius 1 is 0.444 bits per heavy atom. The summed E-state index contributed by atoms with van der Waals surface area (Å²) in [6.07, 6.45) is 21.7. The SMILES string of the molecule is CCCCCCCCCCCCCCCCC[NH3+]. The van der Waals surface area contributed by atoms with Crippen molar-refractivity contribution in [3.8, 4) is 0 Å². The van der Waals surface area contributed by atoms with Gasteiger partial charge in [0.05, 0.1) is 6.54 Å². The lowest BCUT2D eigenvalue weighted by molar-refractivity contribution is -0.368. The zero-order valence-electron chi connectivity index (χ0n) is 13.0. The molecule has 3 N–H and O–H groups in total. The van der Waals surface area contributed by atoms with Gasteiger partial charge in [-0.2, -0.15) is 0 Å². The number of hydrogen-bond acceptors (Lipinski definition) is 0. The molecule has 0 bridgehead atoms. The van der Waals surface area contributed by atoms with E-state index in [0.29, 0.717) is 0 Å². The van der Waals surface area contributed by atoms with Crippen LogP contribution in [0.3, 0.4) is 0 Å². The Bertz CT molecular complexity index is 118. The number of quaternary nitrogens is 1. The first-order valence-corrected chi connectivity index (χ1v) is 8.71. The van der Waals surface area contributed by atoms with Crippen molar-refractivity contribution in [3.05, 3.63) is 0 Å². The summed E-state index contributed by atoms with van der Waals surface area (Å²) < 4.78 is 0. The summed E-state index contributed by atoms with van der Waals surface area (Å²) in [4.78, 5) is 0. The van der Waals surface area contributed by atoms with E-state index in [1.807, 2.05) is 0 Å². The Labute approximate surface area is 116 Å². The predicted octanol–water partition coefficient (Wildman–Crippen LogP) is 5.10. The maximum atomic E-state index is 3.88. The predicted molar refractivity (Wildman–Crippen MR) is 82.7 cm³/mol. The second kappa shape index (κ2) is 17.0. The lowest BCUT2D eigenvalue weighted by Gasteiger charge is -2.02. The minimum atomic E-state index is 1.12.